The van der Waals surface area contributed by atoms with Crippen molar-refractivity contribution >= 4 is 17.9 Å². The van der Waals surface area contributed by atoms with Crippen molar-refractivity contribution in [1.82, 2.24) is 0 Å². The molecule has 0 aliphatic heterocycles. The van der Waals surface area contributed by atoms with Crippen LogP contribution in [0.1, 0.15) is 252 Å². The largest absolute Gasteiger partial charge is 0.462 e. The van der Waals surface area contributed by atoms with Gasteiger partial charge in [-0.15, -0.1) is 0 Å². The van der Waals surface area contributed by atoms with Crippen molar-refractivity contribution in [2.45, 2.75) is 258 Å². The number of carbonyl (C=O) groups is 3. The lowest BCUT2D eigenvalue weighted by Gasteiger charge is -2.18. The first-order valence-corrected chi connectivity index (χ1v) is 28.4. The number of rotatable bonds is 50. The number of unbranched alkanes of at least 4 members (excludes halogenated alkanes) is 22. The van der Waals surface area contributed by atoms with Crippen LogP contribution >= 0.6 is 0 Å². The highest BCUT2D eigenvalue weighted by molar-refractivity contribution is 5.72. The Morgan fingerprint density at radius 1 is 0.319 bits per heavy atom. The van der Waals surface area contributed by atoms with Gasteiger partial charge in [-0.05, 0) is 103 Å². The number of hydrogen-bond donors (Lipinski definition) is 0. The predicted octanol–water partition coefficient (Wildman–Crippen LogP) is 19.1. The van der Waals surface area contributed by atoms with Crippen LogP contribution in [-0.4, -0.2) is 37.2 Å². The molecule has 0 aliphatic carbocycles. The Bertz CT molecular complexity index is 1420. The molecule has 0 fully saturated rings. The van der Waals surface area contributed by atoms with E-state index in [4.69, 9.17) is 14.2 Å². The summed E-state index contributed by atoms with van der Waals surface area (Å²) in [5.41, 5.74) is 0. The predicted molar refractivity (Wildman–Crippen MR) is 297 cm³/mol. The van der Waals surface area contributed by atoms with E-state index in [2.05, 4.69) is 118 Å². The van der Waals surface area contributed by atoms with Gasteiger partial charge in [-0.1, -0.05) is 239 Å². The lowest BCUT2D eigenvalue weighted by Crippen LogP contribution is -2.30. The van der Waals surface area contributed by atoms with Crippen molar-refractivity contribution in [1.29, 1.82) is 0 Å². The molecule has 0 aromatic carbocycles. The minimum Gasteiger partial charge on any atom is -0.462 e. The lowest BCUT2D eigenvalue weighted by molar-refractivity contribution is -0.166. The van der Waals surface area contributed by atoms with Gasteiger partial charge in [0.05, 0.1) is 6.42 Å². The molecule has 0 aromatic heterocycles. The zero-order valence-corrected chi connectivity index (χ0v) is 44.8. The van der Waals surface area contributed by atoms with Gasteiger partial charge in [-0.3, -0.25) is 14.4 Å². The minimum atomic E-state index is -0.842. The summed E-state index contributed by atoms with van der Waals surface area (Å²) in [6.45, 7) is 6.32. The standard InChI is InChI=1S/C63H104O6/c1-4-7-10-13-16-19-22-25-28-29-30-31-32-33-36-38-41-44-47-50-53-56-62(65)68-59-60(69-63(66)57-54-51-48-45-42-39-35-27-24-21-18-15-12-9-6-3)58-67-61(64)55-52-49-46-43-40-37-34-26-23-20-17-14-11-8-5-2/h8-9,11-12,17-18,20-21,26-27,29-30,34-35,42,45,51,54,60H,4-7,10,13-16,19,22-25,28,31-33,36-41,43-44,46-50,52-53,55-59H2,1-3H3/b11-8-,12-9-,20-17-,21-18-,30-29-,34-26-,35-27-,45-42-,54-51-. The molecule has 0 bridgehead atoms. The molecule has 6 nitrogen and oxygen atoms in total. The fraction of sp³-hybridized carbons (Fsp3) is 0.667. The van der Waals surface area contributed by atoms with E-state index in [9.17, 15) is 14.4 Å². The van der Waals surface area contributed by atoms with Crippen molar-refractivity contribution in [2.75, 3.05) is 13.2 Å². The maximum atomic E-state index is 12.8. The summed E-state index contributed by atoms with van der Waals surface area (Å²) >= 11 is 0. The SMILES string of the molecule is CC/C=C\C/C=C\C/C=C\C/C=C\C/C=C\CC(=O)OC(COC(=O)CCCCCCC/C=C\C/C=C\C/C=C\CC)COC(=O)CCCCCCCCCCC/C=C\CCCCCCCCCC. The normalized spacial score (nSPS) is 12.9. The molecule has 0 saturated carbocycles. The number of esters is 3. The number of carbonyl (C=O) groups excluding carboxylic acids is 3. The molecular weight excluding hydrogens is 853 g/mol. The van der Waals surface area contributed by atoms with Gasteiger partial charge in [0.2, 0.25) is 0 Å². The Morgan fingerprint density at radius 2 is 0.609 bits per heavy atom. The van der Waals surface area contributed by atoms with Crippen LogP contribution in [0, 0.1) is 0 Å². The third-order valence-corrected chi connectivity index (χ3v) is 11.8. The fourth-order valence-corrected chi connectivity index (χ4v) is 7.59. The zero-order chi connectivity index (χ0) is 50.0. The van der Waals surface area contributed by atoms with Crippen LogP contribution in [0.4, 0.5) is 0 Å². The topological polar surface area (TPSA) is 78.9 Å². The average molecular weight is 958 g/mol. The molecule has 69 heavy (non-hydrogen) atoms. The van der Waals surface area contributed by atoms with E-state index < -0.39 is 12.1 Å². The fourth-order valence-electron chi connectivity index (χ4n) is 7.59. The van der Waals surface area contributed by atoms with E-state index in [1.165, 1.54) is 103 Å². The van der Waals surface area contributed by atoms with Crippen molar-refractivity contribution < 1.29 is 28.6 Å². The second-order valence-corrected chi connectivity index (χ2v) is 18.4. The lowest BCUT2D eigenvalue weighted by atomic mass is 10.1. The zero-order valence-electron chi connectivity index (χ0n) is 44.8. The molecule has 0 amide bonds. The van der Waals surface area contributed by atoms with E-state index in [1.54, 1.807) is 6.08 Å². The Hall–Kier alpha value is -3.93. The van der Waals surface area contributed by atoms with Gasteiger partial charge in [0, 0.05) is 12.8 Å². The molecule has 0 N–H and O–H groups in total. The van der Waals surface area contributed by atoms with E-state index in [0.717, 1.165) is 103 Å². The molecule has 0 spiro atoms. The molecule has 392 valence electrons. The smallest absolute Gasteiger partial charge is 0.310 e. The molecular formula is C63H104O6. The van der Waals surface area contributed by atoms with Gasteiger partial charge in [0.15, 0.2) is 6.10 Å². The number of allylic oxidation sites excluding steroid dienone is 17. The van der Waals surface area contributed by atoms with E-state index in [0.29, 0.717) is 19.3 Å². The van der Waals surface area contributed by atoms with Gasteiger partial charge in [0.25, 0.3) is 0 Å². The Morgan fingerprint density at radius 3 is 0.971 bits per heavy atom. The summed E-state index contributed by atoms with van der Waals surface area (Å²) in [7, 11) is 0. The highest BCUT2D eigenvalue weighted by Gasteiger charge is 2.19. The Balaban J connectivity index is 4.47. The van der Waals surface area contributed by atoms with Gasteiger partial charge < -0.3 is 14.2 Å². The Kier molecular flexibility index (Phi) is 53.4. The van der Waals surface area contributed by atoms with E-state index in [-0.39, 0.29) is 31.6 Å². The first-order valence-electron chi connectivity index (χ1n) is 28.4. The summed E-state index contributed by atoms with van der Waals surface area (Å²) < 4.78 is 16.7. The second-order valence-electron chi connectivity index (χ2n) is 18.4. The highest BCUT2D eigenvalue weighted by atomic mass is 16.6. The third-order valence-electron chi connectivity index (χ3n) is 11.8. The van der Waals surface area contributed by atoms with Crippen molar-refractivity contribution in [2.24, 2.45) is 0 Å². The quantitative estimate of drug-likeness (QED) is 0.0262. The first-order chi connectivity index (χ1) is 34.0. The van der Waals surface area contributed by atoms with Crippen LogP contribution in [0.15, 0.2) is 109 Å². The van der Waals surface area contributed by atoms with Crippen LogP contribution in [0.3, 0.4) is 0 Å². The summed E-state index contributed by atoms with van der Waals surface area (Å²) in [5, 5.41) is 0. The van der Waals surface area contributed by atoms with E-state index >= 15 is 0 Å². The van der Waals surface area contributed by atoms with Gasteiger partial charge in [0.1, 0.15) is 13.2 Å². The van der Waals surface area contributed by atoms with Crippen LogP contribution in [0.2, 0.25) is 0 Å². The molecule has 0 rings (SSSR count). The number of hydrogen-bond acceptors (Lipinski definition) is 6. The number of ether oxygens (including phenoxy) is 3. The monoisotopic (exact) mass is 957 g/mol. The minimum absolute atomic E-state index is 0.0898. The van der Waals surface area contributed by atoms with Crippen LogP contribution in [-0.2, 0) is 28.6 Å². The molecule has 0 radical (unpaired) electrons. The van der Waals surface area contributed by atoms with Crippen LogP contribution in [0.5, 0.6) is 0 Å². The van der Waals surface area contributed by atoms with Gasteiger partial charge in [-0.2, -0.15) is 0 Å². The van der Waals surface area contributed by atoms with Crippen molar-refractivity contribution in [3.8, 4) is 0 Å². The van der Waals surface area contributed by atoms with Gasteiger partial charge >= 0.3 is 17.9 Å². The Labute approximate surface area is 425 Å². The van der Waals surface area contributed by atoms with Crippen molar-refractivity contribution in [3.63, 3.8) is 0 Å². The maximum Gasteiger partial charge on any atom is 0.310 e. The summed E-state index contributed by atoms with van der Waals surface area (Å²) in [6, 6.07) is 0. The molecule has 0 aromatic rings. The molecule has 1 atom stereocenters. The highest BCUT2D eigenvalue weighted by Crippen LogP contribution is 2.14. The van der Waals surface area contributed by atoms with Crippen molar-refractivity contribution in [3.05, 3.63) is 109 Å². The third kappa shape index (κ3) is 54.9. The summed E-state index contributed by atoms with van der Waals surface area (Å²) in [5.74, 6) is -1.08. The molecule has 1 unspecified atom stereocenters. The molecule has 0 saturated heterocycles. The molecule has 0 heterocycles. The van der Waals surface area contributed by atoms with Gasteiger partial charge in [-0.25, -0.2) is 0 Å². The van der Waals surface area contributed by atoms with E-state index in [1.807, 2.05) is 6.08 Å². The summed E-state index contributed by atoms with van der Waals surface area (Å²) in [4.78, 5) is 38.1. The summed E-state index contributed by atoms with van der Waals surface area (Å²) in [6.07, 6.45) is 76.8. The van der Waals surface area contributed by atoms with Crippen LogP contribution in [0.25, 0.3) is 0 Å². The first kappa shape index (κ1) is 65.1. The molecule has 6 heteroatoms. The van der Waals surface area contributed by atoms with Crippen LogP contribution < -0.4 is 0 Å². The second kappa shape index (κ2) is 56.7. The maximum absolute atomic E-state index is 12.8. The average Bonchev–Trinajstić information content (AvgIpc) is 3.35. The molecule has 0 aliphatic rings.